The molecule has 3 aromatic rings. The lowest BCUT2D eigenvalue weighted by Gasteiger charge is -2.23. The van der Waals surface area contributed by atoms with Gasteiger partial charge in [0.15, 0.2) is 5.01 Å². The lowest BCUT2D eigenvalue weighted by Crippen LogP contribution is -2.22. The molecule has 1 saturated heterocycles. The summed E-state index contributed by atoms with van der Waals surface area (Å²) < 4.78 is 0. The van der Waals surface area contributed by atoms with E-state index in [0.29, 0.717) is 6.04 Å². The number of pyridine rings is 1. The average molecular weight is 343 g/mol. The summed E-state index contributed by atoms with van der Waals surface area (Å²) in [5, 5.41) is 11.3. The molecule has 0 amide bonds. The minimum Gasteiger partial charge on any atom is -0.340 e. The predicted octanol–water partition coefficient (Wildman–Crippen LogP) is 4.60. The van der Waals surface area contributed by atoms with E-state index in [9.17, 15) is 0 Å². The van der Waals surface area contributed by atoms with Gasteiger partial charge in [0.1, 0.15) is 5.69 Å². The van der Waals surface area contributed by atoms with Gasteiger partial charge in [-0.05, 0) is 42.7 Å². The van der Waals surface area contributed by atoms with Crippen LogP contribution in [0.2, 0.25) is 5.02 Å². The molecule has 4 nitrogen and oxygen atoms in total. The van der Waals surface area contributed by atoms with E-state index in [1.807, 2.05) is 30.3 Å². The number of benzene rings is 1. The molecule has 4 rings (SSSR count). The largest absolute Gasteiger partial charge is 0.340 e. The van der Waals surface area contributed by atoms with Crippen molar-refractivity contribution in [3.05, 3.63) is 59.2 Å². The van der Waals surface area contributed by atoms with Gasteiger partial charge < -0.3 is 4.90 Å². The highest BCUT2D eigenvalue weighted by Crippen LogP contribution is 2.39. The summed E-state index contributed by atoms with van der Waals surface area (Å²) in [7, 11) is 0. The number of rotatable bonds is 3. The van der Waals surface area contributed by atoms with E-state index in [2.05, 4.69) is 32.2 Å². The molecule has 1 fully saturated rings. The van der Waals surface area contributed by atoms with Crippen LogP contribution in [0.5, 0.6) is 0 Å². The summed E-state index contributed by atoms with van der Waals surface area (Å²) in [6.07, 6.45) is 4.06. The summed E-state index contributed by atoms with van der Waals surface area (Å²) in [5.41, 5.74) is 2.15. The molecule has 0 spiro atoms. The molecule has 6 heteroatoms. The molecular weight excluding hydrogens is 328 g/mol. The third-order valence-electron chi connectivity index (χ3n) is 4.05. The molecule has 0 aliphatic carbocycles. The van der Waals surface area contributed by atoms with Gasteiger partial charge in [-0.3, -0.25) is 4.98 Å². The molecule has 0 bridgehead atoms. The Morgan fingerprint density at radius 1 is 1.09 bits per heavy atom. The second-order valence-corrected chi connectivity index (χ2v) is 6.90. The van der Waals surface area contributed by atoms with E-state index in [1.165, 1.54) is 5.56 Å². The number of hydrogen-bond acceptors (Lipinski definition) is 5. The second kappa shape index (κ2) is 6.26. The molecule has 0 radical (unpaired) electrons. The Labute approximate surface area is 143 Å². The van der Waals surface area contributed by atoms with Crippen LogP contribution in [0.15, 0.2) is 48.7 Å². The summed E-state index contributed by atoms with van der Waals surface area (Å²) >= 11 is 7.60. The molecule has 3 heterocycles. The van der Waals surface area contributed by atoms with Gasteiger partial charge >= 0.3 is 0 Å². The van der Waals surface area contributed by atoms with Gasteiger partial charge in [0.05, 0.1) is 6.04 Å². The molecule has 2 aromatic heterocycles. The van der Waals surface area contributed by atoms with Crippen molar-refractivity contribution < 1.29 is 0 Å². The Balaban J connectivity index is 1.62. The van der Waals surface area contributed by atoms with Crippen molar-refractivity contribution in [1.82, 2.24) is 15.2 Å². The number of anilines is 1. The lowest BCUT2D eigenvalue weighted by atomic mass is 10.1. The first kappa shape index (κ1) is 14.6. The molecule has 23 heavy (non-hydrogen) atoms. The van der Waals surface area contributed by atoms with Crippen LogP contribution in [0.25, 0.3) is 10.7 Å². The fraction of sp³-hybridized carbons (Fsp3) is 0.235. The van der Waals surface area contributed by atoms with Crippen LogP contribution in [-0.4, -0.2) is 21.7 Å². The Kier molecular flexibility index (Phi) is 3.97. The van der Waals surface area contributed by atoms with E-state index < -0.39 is 0 Å². The standard InChI is InChI=1S/C17H15ClN4S/c18-13-8-6-12(7-9-13)15-5-3-11-22(15)17-21-20-16(23-17)14-4-1-2-10-19-14/h1-2,4,6-10,15H,3,5,11H2/t15-/m0/s1. The summed E-state index contributed by atoms with van der Waals surface area (Å²) in [6.45, 7) is 1.00. The van der Waals surface area contributed by atoms with E-state index in [4.69, 9.17) is 11.6 Å². The molecule has 1 aliphatic heterocycles. The van der Waals surface area contributed by atoms with Gasteiger partial charge in [-0.1, -0.05) is 41.1 Å². The van der Waals surface area contributed by atoms with Crippen LogP contribution in [0.4, 0.5) is 5.13 Å². The van der Waals surface area contributed by atoms with Crippen molar-refractivity contribution in [2.45, 2.75) is 18.9 Å². The molecule has 1 aromatic carbocycles. The minimum absolute atomic E-state index is 0.344. The maximum absolute atomic E-state index is 6.00. The topological polar surface area (TPSA) is 41.9 Å². The van der Waals surface area contributed by atoms with Crippen molar-refractivity contribution in [2.75, 3.05) is 11.4 Å². The second-order valence-electron chi connectivity index (χ2n) is 5.51. The van der Waals surface area contributed by atoms with Crippen molar-refractivity contribution in [3.8, 4) is 10.7 Å². The quantitative estimate of drug-likeness (QED) is 0.697. The maximum atomic E-state index is 6.00. The fourth-order valence-electron chi connectivity index (χ4n) is 2.95. The average Bonchev–Trinajstić information content (AvgIpc) is 3.25. The van der Waals surface area contributed by atoms with Crippen LogP contribution in [0.3, 0.4) is 0 Å². The molecule has 1 atom stereocenters. The third-order valence-corrected chi connectivity index (χ3v) is 5.29. The first-order chi connectivity index (χ1) is 11.3. The summed E-state index contributed by atoms with van der Waals surface area (Å²) in [4.78, 5) is 6.69. The van der Waals surface area contributed by atoms with Crippen LogP contribution in [0.1, 0.15) is 24.4 Å². The molecule has 1 aliphatic rings. The lowest BCUT2D eigenvalue weighted by molar-refractivity contribution is 0.714. The Morgan fingerprint density at radius 3 is 2.74 bits per heavy atom. The van der Waals surface area contributed by atoms with Gasteiger partial charge in [-0.15, -0.1) is 10.2 Å². The van der Waals surface area contributed by atoms with E-state index in [0.717, 1.165) is 40.2 Å². The van der Waals surface area contributed by atoms with E-state index >= 15 is 0 Å². The SMILES string of the molecule is Clc1ccc([C@@H]2CCCN2c2nnc(-c3ccccn3)s2)cc1. The number of aromatic nitrogens is 3. The Hall–Kier alpha value is -1.98. The number of hydrogen-bond donors (Lipinski definition) is 0. The highest BCUT2D eigenvalue weighted by atomic mass is 35.5. The van der Waals surface area contributed by atoms with Crippen LogP contribution >= 0.6 is 22.9 Å². The first-order valence-electron chi connectivity index (χ1n) is 7.58. The zero-order valence-electron chi connectivity index (χ0n) is 12.4. The zero-order chi connectivity index (χ0) is 15.6. The highest BCUT2D eigenvalue weighted by molar-refractivity contribution is 7.18. The normalized spacial score (nSPS) is 17.6. The number of nitrogens with zero attached hydrogens (tertiary/aromatic N) is 4. The summed E-state index contributed by atoms with van der Waals surface area (Å²) in [5.74, 6) is 0. The van der Waals surface area contributed by atoms with Gasteiger partial charge in [-0.25, -0.2) is 0 Å². The van der Waals surface area contributed by atoms with Crippen LogP contribution in [0, 0.1) is 0 Å². The third kappa shape index (κ3) is 2.94. The van der Waals surface area contributed by atoms with Crippen molar-refractivity contribution in [3.63, 3.8) is 0 Å². The first-order valence-corrected chi connectivity index (χ1v) is 8.78. The minimum atomic E-state index is 0.344. The molecule has 0 N–H and O–H groups in total. The van der Waals surface area contributed by atoms with Crippen molar-refractivity contribution in [2.24, 2.45) is 0 Å². The molecule has 116 valence electrons. The van der Waals surface area contributed by atoms with Crippen LogP contribution in [-0.2, 0) is 0 Å². The smallest absolute Gasteiger partial charge is 0.209 e. The van der Waals surface area contributed by atoms with E-state index in [1.54, 1.807) is 17.5 Å². The monoisotopic (exact) mass is 342 g/mol. The van der Waals surface area contributed by atoms with Crippen molar-refractivity contribution in [1.29, 1.82) is 0 Å². The van der Waals surface area contributed by atoms with Gasteiger partial charge in [0.25, 0.3) is 0 Å². The maximum Gasteiger partial charge on any atom is 0.209 e. The van der Waals surface area contributed by atoms with Crippen molar-refractivity contribution >= 4 is 28.1 Å². The molecular formula is C17H15ClN4S. The Bertz CT molecular complexity index is 788. The van der Waals surface area contributed by atoms with Gasteiger partial charge in [0.2, 0.25) is 5.13 Å². The van der Waals surface area contributed by atoms with Gasteiger partial charge in [0, 0.05) is 17.8 Å². The zero-order valence-corrected chi connectivity index (χ0v) is 14.0. The summed E-state index contributed by atoms with van der Waals surface area (Å²) in [6, 6.07) is 14.3. The number of halogens is 1. The Morgan fingerprint density at radius 2 is 1.96 bits per heavy atom. The molecule has 0 saturated carbocycles. The predicted molar refractivity (Wildman–Crippen MR) is 93.9 cm³/mol. The highest BCUT2D eigenvalue weighted by Gasteiger charge is 2.28. The van der Waals surface area contributed by atoms with Crippen LogP contribution < -0.4 is 4.90 Å². The molecule has 0 unspecified atom stereocenters. The van der Waals surface area contributed by atoms with E-state index in [-0.39, 0.29) is 0 Å². The fourth-order valence-corrected chi connectivity index (χ4v) is 3.97. The van der Waals surface area contributed by atoms with Gasteiger partial charge in [-0.2, -0.15) is 0 Å².